The molecular formula is C20H23NO3. The summed E-state index contributed by atoms with van der Waals surface area (Å²) in [5.74, 6) is 0.952. The van der Waals surface area contributed by atoms with Crippen LogP contribution in [-0.4, -0.2) is 18.4 Å². The molecule has 1 heterocycles. The van der Waals surface area contributed by atoms with Crippen molar-refractivity contribution in [3.05, 3.63) is 36.4 Å². The molecule has 1 saturated carbocycles. The molecule has 2 bridgehead atoms. The molecule has 0 aromatic heterocycles. The zero-order chi connectivity index (χ0) is 16.7. The fraction of sp³-hybridized carbons (Fsp3) is 0.500. The van der Waals surface area contributed by atoms with Crippen LogP contribution in [0.25, 0.3) is 0 Å². The SMILES string of the molecule is CCCCCOc1ccc(N2C(=O)[C@H]3[C@H](C2=O)[C@H]2C=C[C@H]3C2)cc1. The maximum Gasteiger partial charge on any atom is 0.238 e. The molecule has 3 aliphatic rings. The number of carbonyl (C=O) groups is 2. The molecule has 4 atom stereocenters. The Hall–Kier alpha value is -2.10. The van der Waals surface area contributed by atoms with E-state index in [9.17, 15) is 9.59 Å². The number of fused-ring (bicyclic) bond motifs is 5. The Morgan fingerprint density at radius 2 is 1.62 bits per heavy atom. The minimum absolute atomic E-state index is 0.0292. The van der Waals surface area contributed by atoms with Crippen molar-refractivity contribution in [3.63, 3.8) is 0 Å². The molecule has 0 spiro atoms. The van der Waals surface area contributed by atoms with E-state index in [1.807, 2.05) is 24.3 Å². The van der Waals surface area contributed by atoms with Crippen molar-refractivity contribution < 1.29 is 14.3 Å². The zero-order valence-corrected chi connectivity index (χ0v) is 14.0. The van der Waals surface area contributed by atoms with Crippen LogP contribution in [0.4, 0.5) is 5.69 Å². The lowest BCUT2D eigenvalue weighted by molar-refractivity contribution is -0.123. The number of anilines is 1. The van der Waals surface area contributed by atoms with Gasteiger partial charge in [0.1, 0.15) is 5.75 Å². The Kier molecular flexibility index (Phi) is 3.91. The molecule has 2 amide bonds. The lowest BCUT2D eigenvalue weighted by Crippen LogP contribution is -2.32. The van der Waals surface area contributed by atoms with Crippen LogP contribution < -0.4 is 9.64 Å². The number of amides is 2. The van der Waals surface area contributed by atoms with Gasteiger partial charge < -0.3 is 4.74 Å². The van der Waals surface area contributed by atoms with E-state index in [1.54, 1.807) is 0 Å². The molecule has 1 aliphatic heterocycles. The maximum atomic E-state index is 12.8. The predicted molar refractivity (Wildman–Crippen MR) is 91.7 cm³/mol. The zero-order valence-electron chi connectivity index (χ0n) is 14.0. The topological polar surface area (TPSA) is 46.6 Å². The molecule has 0 radical (unpaired) electrons. The summed E-state index contributed by atoms with van der Waals surface area (Å²) in [4.78, 5) is 26.9. The highest BCUT2D eigenvalue weighted by Crippen LogP contribution is 2.53. The monoisotopic (exact) mass is 325 g/mol. The van der Waals surface area contributed by atoms with Gasteiger partial charge in [-0.1, -0.05) is 31.9 Å². The second kappa shape index (κ2) is 6.08. The van der Waals surface area contributed by atoms with Gasteiger partial charge in [-0.3, -0.25) is 14.5 Å². The average molecular weight is 325 g/mol. The largest absolute Gasteiger partial charge is 0.494 e. The fourth-order valence-corrected chi connectivity index (χ4v) is 4.39. The number of hydrogen-bond donors (Lipinski definition) is 0. The van der Waals surface area contributed by atoms with E-state index in [4.69, 9.17) is 4.74 Å². The van der Waals surface area contributed by atoms with E-state index in [2.05, 4.69) is 19.1 Å². The van der Waals surface area contributed by atoms with E-state index in [-0.39, 0.29) is 35.5 Å². The Labute approximate surface area is 142 Å². The van der Waals surface area contributed by atoms with Gasteiger partial charge in [-0.15, -0.1) is 0 Å². The van der Waals surface area contributed by atoms with Crippen LogP contribution in [-0.2, 0) is 9.59 Å². The number of nitrogens with zero attached hydrogens (tertiary/aromatic N) is 1. The summed E-state index contributed by atoms with van der Waals surface area (Å²) in [5.41, 5.74) is 0.666. The van der Waals surface area contributed by atoms with Crippen LogP contribution in [0.15, 0.2) is 36.4 Å². The first-order valence-corrected chi connectivity index (χ1v) is 8.99. The summed E-state index contributed by atoms with van der Waals surface area (Å²) >= 11 is 0. The van der Waals surface area contributed by atoms with Crippen LogP contribution in [0, 0.1) is 23.7 Å². The molecule has 4 rings (SSSR count). The van der Waals surface area contributed by atoms with Crippen molar-refractivity contribution in [2.75, 3.05) is 11.5 Å². The minimum Gasteiger partial charge on any atom is -0.494 e. The average Bonchev–Trinajstić information content (AvgIpc) is 3.27. The van der Waals surface area contributed by atoms with E-state index in [0.717, 1.165) is 25.0 Å². The standard InChI is InChI=1S/C20H23NO3/c1-2-3-4-11-24-16-9-7-15(8-10-16)21-19(22)17-13-5-6-14(12-13)18(17)20(21)23/h5-10,13-14,17-18H,2-4,11-12H2,1H3/t13-,14-,17+,18+/m0/s1. The summed E-state index contributed by atoms with van der Waals surface area (Å²) in [6, 6.07) is 7.34. The molecule has 24 heavy (non-hydrogen) atoms. The third-order valence-electron chi connectivity index (χ3n) is 5.58. The van der Waals surface area contributed by atoms with E-state index in [0.29, 0.717) is 12.3 Å². The molecule has 2 aliphatic carbocycles. The van der Waals surface area contributed by atoms with Gasteiger partial charge in [0.25, 0.3) is 0 Å². The van der Waals surface area contributed by atoms with Crippen LogP contribution in [0.2, 0.25) is 0 Å². The van der Waals surface area contributed by atoms with Crippen LogP contribution >= 0.6 is 0 Å². The van der Waals surface area contributed by atoms with Crippen molar-refractivity contribution in [1.82, 2.24) is 0 Å². The summed E-state index contributed by atoms with van der Waals surface area (Å²) in [5, 5.41) is 0. The summed E-state index contributed by atoms with van der Waals surface area (Å²) < 4.78 is 5.70. The van der Waals surface area contributed by atoms with E-state index < -0.39 is 0 Å². The Bertz CT molecular complexity index is 649. The number of unbranched alkanes of at least 4 members (excludes halogenated alkanes) is 2. The van der Waals surface area contributed by atoms with Gasteiger partial charge >= 0.3 is 0 Å². The van der Waals surface area contributed by atoms with Crippen LogP contribution in [0.1, 0.15) is 32.6 Å². The van der Waals surface area contributed by atoms with E-state index in [1.165, 1.54) is 11.3 Å². The number of allylic oxidation sites excluding steroid dienone is 2. The smallest absolute Gasteiger partial charge is 0.238 e. The van der Waals surface area contributed by atoms with Crippen LogP contribution in [0.5, 0.6) is 5.75 Å². The first-order valence-electron chi connectivity index (χ1n) is 8.99. The number of benzene rings is 1. The third kappa shape index (κ3) is 2.36. The predicted octanol–water partition coefficient (Wildman–Crippen LogP) is 3.57. The number of hydrogen-bond acceptors (Lipinski definition) is 3. The molecule has 0 N–H and O–H groups in total. The highest BCUT2D eigenvalue weighted by molar-refractivity contribution is 6.22. The van der Waals surface area contributed by atoms with Gasteiger partial charge in [0, 0.05) is 0 Å². The first-order chi connectivity index (χ1) is 11.7. The molecule has 1 saturated heterocycles. The minimum atomic E-state index is -0.141. The third-order valence-corrected chi connectivity index (χ3v) is 5.58. The van der Waals surface area contributed by atoms with Crippen molar-refractivity contribution in [3.8, 4) is 5.75 Å². The molecule has 0 unspecified atom stereocenters. The Balaban J connectivity index is 1.47. The van der Waals surface area contributed by atoms with Gasteiger partial charge in [-0.25, -0.2) is 0 Å². The maximum absolute atomic E-state index is 12.8. The lowest BCUT2D eigenvalue weighted by Gasteiger charge is -2.17. The molecule has 126 valence electrons. The van der Waals surface area contributed by atoms with Gasteiger partial charge in [-0.2, -0.15) is 0 Å². The van der Waals surface area contributed by atoms with Crippen molar-refractivity contribution in [2.24, 2.45) is 23.7 Å². The number of ether oxygens (including phenoxy) is 1. The van der Waals surface area contributed by atoms with Crippen molar-refractivity contribution in [1.29, 1.82) is 0 Å². The Morgan fingerprint density at radius 1 is 1.00 bits per heavy atom. The molecule has 1 aromatic rings. The highest BCUT2D eigenvalue weighted by atomic mass is 16.5. The lowest BCUT2D eigenvalue weighted by atomic mass is 9.85. The summed E-state index contributed by atoms with van der Waals surface area (Å²) in [7, 11) is 0. The Morgan fingerprint density at radius 3 is 2.21 bits per heavy atom. The van der Waals surface area contributed by atoms with Gasteiger partial charge in [-0.05, 0) is 48.9 Å². The van der Waals surface area contributed by atoms with Crippen LogP contribution in [0.3, 0.4) is 0 Å². The molecular weight excluding hydrogens is 302 g/mol. The van der Waals surface area contributed by atoms with E-state index >= 15 is 0 Å². The molecule has 4 nitrogen and oxygen atoms in total. The van der Waals surface area contributed by atoms with Gasteiger partial charge in [0.2, 0.25) is 11.8 Å². The van der Waals surface area contributed by atoms with Gasteiger partial charge in [0.05, 0.1) is 24.1 Å². The fourth-order valence-electron chi connectivity index (χ4n) is 4.39. The normalized spacial score (nSPS) is 30.3. The molecule has 4 heteroatoms. The van der Waals surface area contributed by atoms with Gasteiger partial charge in [0.15, 0.2) is 0 Å². The number of carbonyl (C=O) groups excluding carboxylic acids is 2. The number of imide groups is 1. The quantitative estimate of drug-likeness (QED) is 0.456. The first kappa shape index (κ1) is 15.4. The second-order valence-electron chi connectivity index (χ2n) is 7.06. The molecule has 1 aromatic carbocycles. The van der Waals surface area contributed by atoms with Crippen molar-refractivity contribution in [2.45, 2.75) is 32.6 Å². The second-order valence-corrected chi connectivity index (χ2v) is 7.06. The summed E-state index contributed by atoms with van der Waals surface area (Å²) in [6.45, 7) is 2.86. The van der Waals surface area contributed by atoms with Crippen molar-refractivity contribution >= 4 is 17.5 Å². The number of rotatable bonds is 6. The molecule has 2 fully saturated rings. The highest BCUT2D eigenvalue weighted by Gasteiger charge is 2.59. The summed E-state index contributed by atoms with van der Waals surface area (Å²) in [6.07, 6.45) is 8.57.